The monoisotopic (exact) mass is 261 g/mol. The highest BCUT2D eigenvalue weighted by Gasteiger charge is 2.57. The molecule has 1 aromatic rings. The van der Waals surface area contributed by atoms with E-state index in [1.54, 1.807) is 13.0 Å². The largest absolute Gasteiger partial charge is 0.507 e. The Labute approximate surface area is 100 Å². The zero-order valence-electron chi connectivity index (χ0n) is 9.25. The third kappa shape index (κ3) is 2.02. The number of alkyl halides is 3. The van der Waals surface area contributed by atoms with Gasteiger partial charge in [-0.3, -0.25) is 5.48 Å². The number of hydrogen-bond acceptors (Lipinski definition) is 4. The summed E-state index contributed by atoms with van der Waals surface area (Å²) in [6, 6.07) is 4.42. The Morgan fingerprint density at radius 1 is 1.33 bits per heavy atom. The number of aliphatic hydroxyl groups is 1. The average molecular weight is 261 g/mol. The molecule has 1 aliphatic rings. The quantitative estimate of drug-likeness (QED) is 0.721. The average Bonchev–Trinajstić information content (AvgIpc) is 2.65. The van der Waals surface area contributed by atoms with Crippen molar-refractivity contribution in [3.8, 4) is 5.75 Å². The zero-order valence-corrected chi connectivity index (χ0v) is 9.25. The predicted molar refractivity (Wildman–Crippen MR) is 56.0 cm³/mol. The molecule has 1 unspecified atom stereocenters. The number of nitrogens with one attached hydrogen (secondary N) is 1. The third-order valence-corrected chi connectivity index (χ3v) is 2.50. The Kier molecular flexibility index (Phi) is 2.75. The Balaban J connectivity index is 2.42. The minimum atomic E-state index is -4.97. The van der Waals surface area contributed by atoms with E-state index in [1.807, 2.05) is 5.48 Å². The summed E-state index contributed by atoms with van der Waals surface area (Å²) < 4.78 is 37.5. The van der Waals surface area contributed by atoms with Crippen LogP contribution in [-0.2, 0) is 4.84 Å². The SMILES string of the molecule is Cc1ccc(O)c(C2=CC(O)(C(F)(F)F)ON2)c1. The number of hydrogen-bond donors (Lipinski definition) is 3. The van der Waals surface area contributed by atoms with E-state index in [0.29, 0.717) is 6.08 Å². The van der Waals surface area contributed by atoms with Crippen LogP contribution >= 0.6 is 0 Å². The number of halogens is 3. The van der Waals surface area contributed by atoms with Gasteiger partial charge in [0.1, 0.15) is 5.75 Å². The molecule has 0 aliphatic carbocycles. The van der Waals surface area contributed by atoms with E-state index >= 15 is 0 Å². The summed E-state index contributed by atoms with van der Waals surface area (Å²) in [6.45, 7) is 1.72. The van der Waals surface area contributed by atoms with Crippen molar-refractivity contribution in [2.45, 2.75) is 18.9 Å². The van der Waals surface area contributed by atoms with Crippen LogP contribution in [0.1, 0.15) is 11.1 Å². The highest BCUT2D eigenvalue weighted by atomic mass is 19.4. The van der Waals surface area contributed by atoms with Crippen LogP contribution in [0.25, 0.3) is 5.70 Å². The molecule has 7 heteroatoms. The molecule has 4 nitrogen and oxygen atoms in total. The Bertz CT molecular complexity index is 513. The fourth-order valence-electron chi connectivity index (χ4n) is 1.53. The molecule has 18 heavy (non-hydrogen) atoms. The van der Waals surface area contributed by atoms with Crippen molar-refractivity contribution < 1.29 is 28.2 Å². The molecule has 0 aromatic heterocycles. The van der Waals surface area contributed by atoms with Crippen LogP contribution in [-0.4, -0.2) is 22.2 Å². The van der Waals surface area contributed by atoms with E-state index < -0.39 is 12.0 Å². The van der Waals surface area contributed by atoms with Crippen LogP contribution in [0.2, 0.25) is 0 Å². The van der Waals surface area contributed by atoms with E-state index in [4.69, 9.17) is 0 Å². The van der Waals surface area contributed by atoms with Crippen LogP contribution in [0.15, 0.2) is 24.3 Å². The molecule has 0 saturated carbocycles. The molecule has 0 radical (unpaired) electrons. The van der Waals surface area contributed by atoms with Gasteiger partial charge in [0.15, 0.2) is 0 Å². The van der Waals surface area contributed by atoms with Gasteiger partial charge >= 0.3 is 12.0 Å². The van der Waals surface area contributed by atoms with Crippen molar-refractivity contribution in [1.29, 1.82) is 0 Å². The fraction of sp³-hybridized carbons (Fsp3) is 0.273. The number of aromatic hydroxyl groups is 1. The van der Waals surface area contributed by atoms with Gasteiger partial charge in [-0.15, -0.1) is 0 Å². The van der Waals surface area contributed by atoms with Crippen molar-refractivity contribution in [1.82, 2.24) is 5.48 Å². The van der Waals surface area contributed by atoms with Gasteiger partial charge in [0.2, 0.25) is 0 Å². The summed E-state index contributed by atoms with van der Waals surface area (Å²) in [4.78, 5) is 4.14. The van der Waals surface area contributed by atoms with Gasteiger partial charge in [-0.2, -0.15) is 13.2 Å². The molecule has 0 bridgehead atoms. The summed E-state index contributed by atoms with van der Waals surface area (Å²) >= 11 is 0. The van der Waals surface area contributed by atoms with Crippen molar-refractivity contribution >= 4 is 5.70 Å². The number of rotatable bonds is 1. The topological polar surface area (TPSA) is 61.7 Å². The number of aryl methyl sites for hydroxylation is 1. The van der Waals surface area contributed by atoms with E-state index in [9.17, 15) is 23.4 Å². The second kappa shape index (κ2) is 3.89. The van der Waals surface area contributed by atoms with E-state index in [2.05, 4.69) is 4.84 Å². The summed E-state index contributed by atoms with van der Waals surface area (Å²) in [5.74, 6) is -3.60. The van der Waals surface area contributed by atoms with Gasteiger partial charge in [0.05, 0.1) is 5.70 Å². The molecule has 0 spiro atoms. The first kappa shape index (κ1) is 12.7. The number of benzene rings is 1. The maximum absolute atomic E-state index is 12.5. The van der Waals surface area contributed by atoms with Crippen molar-refractivity contribution in [2.24, 2.45) is 0 Å². The van der Waals surface area contributed by atoms with Gasteiger partial charge in [-0.1, -0.05) is 11.6 Å². The molecule has 0 fully saturated rings. The molecule has 2 rings (SSSR count). The van der Waals surface area contributed by atoms with Crippen LogP contribution < -0.4 is 5.48 Å². The maximum Gasteiger partial charge on any atom is 0.449 e. The predicted octanol–water partition coefficient (Wildman–Crippen LogP) is 1.83. The summed E-state index contributed by atoms with van der Waals surface area (Å²) in [5, 5.41) is 18.8. The highest BCUT2D eigenvalue weighted by Crippen LogP contribution is 2.39. The minimum Gasteiger partial charge on any atom is -0.507 e. The summed E-state index contributed by atoms with van der Waals surface area (Å²) in [6.07, 6.45) is -4.50. The number of phenols is 1. The van der Waals surface area contributed by atoms with Gasteiger partial charge in [0.25, 0.3) is 0 Å². The first-order valence-corrected chi connectivity index (χ1v) is 4.99. The lowest BCUT2D eigenvalue weighted by atomic mass is 10.1. The second-order valence-corrected chi connectivity index (χ2v) is 3.98. The molecule has 1 aromatic carbocycles. The Morgan fingerprint density at radius 3 is 2.56 bits per heavy atom. The van der Waals surface area contributed by atoms with E-state index in [0.717, 1.165) is 5.56 Å². The zero-order chi connectivity index (χ0) is 13.6. The maximum atomic E-state index is 12.5. The Hall–Kier alpha value is -1.73. The van der Waals surface area contributed by atoms with Gasteiger partial charge in [-0.05, 0) is 19.1 Å². The standard InChI is InChI=1S/C11H10F3NO3/c1-6-2-3-9(16)7(4-6)8-5-10(17,18-15-8)11(12,13)14/h2-5,15-17H,1H3. The van der Waals surface area contributed by atoms with Crippen LogP contribution in [0.5, 0.6) is 5.75 Å². The fourth-order valence-corrected chi connectivity index (χ4v) is 1.53. The number of phenolic OH excluding ortho intramolecular Hbond substituents is 1. The van der Waals surface area contributed by atoms with Gasteiger partial charge in [0, 0.05) is 11.6 Å². The smallest absolute Gasteiger partial charge is 0.449 e. The van der Waals surface area contributed by atoms with Crippen LogP contribution in [0.3, 0.4) is 0 Å². The summed E-state index contributed by atoms with van der Waals surface area (Å²) in [7, 11) is 0. The molecule has 0 saturated heterocycles. The number of hydroxylamine groups is 1. The first-order valence-electron chi connectivity index (χ1n) is 4.99. The van der Waals surface area contributed by atoms with Crippen LogP contribution in [0.4, 0.5) is 13.2 Å². The van der Waals surface area contributed by atoms with Crippen molar-refractivity contribution in [3.63, 3.8) is 0 Å². The molecular weight excluding hydrogens is 251 g/mol. The molecule has 3 N–H and O–H groups in total. The molecule has 98 valence electrons. The lowest BCUT2D eigenvalue weighted by Crippen LogP contribution is -2.45. The first-order chi connectivity index (χ1) is 8.23. The lowest BCUT2D eigenvalue weighted by molar-refractivity contribution is -0.345. The lowest BCUT2D eigenvalue weighted by Gasteiger charge is -2.21. The summed E-state index contributed by atoms with van der Waals surface area (Å²) in [5.41, 5.74) is 2.69. The molecule has 1 heterocycles. The molecule has 1 aliphatic heterocycles. The van der Waals surface area contributed by atoms with Crippen LogP contribution in [0, 0.1) is 6.92 Å². The van der Waals surface area contributed by atoms with Gasteiger partial charge < -0.3 is 10.2 Å². The Morgan fingerprint density at radius 2 is 2.00 bits per heavy atom. The third-order valence-electron chi connectivity index (χ3n) is 2.50. The van der Waals surface area contributed by atoms with E-state index in [1.165, 1.54) is 12.1 Å². The van der Waals surface area contributed by atoms with E-state index in [-0.39, 0.29) is 17.0 Å². The van der Waals surface area contributed by atoms with Crippen molar-refractivity contribution in [3.05, 3.63) is 35.4 Å². The van der Waals surface area contributed by atoms with Gasteiger partial charge in [-0.25, -0.2) is 4.84 Å². The molecule has 0 amide bonds. The molecule has 1 atom stereocenters. The second-order valence-electron chi connectivity index (χ2n) is 3.98. The minimum absolute atomic E-state index is 0.121. The highest BCUT2D eigenvalue weighted by molar-refractivity contribution is 5.70. The molecular formula is C11H10F3NO3. The normalized spacial score (nSPS) is 23.7. The van der Waals surface area contributed by atoms with Crippen molar-refractivity contribution in [2.75, 3.05) is 0 Å².